The van der Waals surface area contributed by atoms with Crippen LogP contribution in [0.15, 0.2) is 41.7 Å². The van der Waals surface area contributed by atoms with Crippen LogP contribution in [-0.2, 0) is 22.7 Å². The molecule has 38 heavy (non-hydrogen) atoms. The average Bonchev–Trinajstić information content (AvgIpc) is 3.26. The lowest BCUT2D eigenvalue weighted by atomic mass is 9.96. The van der Waals surface area contributed by atoms with Crippen molar-refractivity contribution < 1.29 is 31.1 Å². The minimum Gasteiger partial charge on any atom is -0.389 e. The second-order valence-electron chi connectivity index (χ2n) is 9.92. The van der Waals surface area contributed by atoms with E-state index in [1.807, 2.05) is 0 Å². The number of nitrogens with one attached hydrogen (secondary N) is 2. The largest absolute Gasteiger partial charge is 0.419 e. The molecule has 4 rings (SSSR count). The summed E-state index contributed by atoms with van der Waals surface area (Å²) < 4.78 is 85.1. The molecule has 0 radical (unpaired) electrons. The average molecular weight is 557 g/mol. The summed E-state index contributed by atoms with van der Waals surface area (Å²) in [5, 5.41) is 16.5. The predicted molar refractivity (Wildman–Crippen MR) is 131 cm³/mol. The van der Waals surface area contributed by atoms with Crippen LogP contribution in [0.1, 0.15) is 51.5 Å². The summed E-state index contributed by atoms with van der Waals surface area (Å²) in [6.45, 7) is 3.08. The molecule has 0 amide bonds. The van der Waals surface area contributed by atoms with Crippen LogP contribution in [-0.4, -0.2) is 44.9 Å². The molecule has 2 aromatic heterocycles. The Morgan fingerprint density at radius 1 is 1.13 bits per heavy atom. The Bertz CT molecular complexity index is 1400. The summed E-state index contributed by atoms with van der Waals surface area (Å²) in [6, 6.07) is 2.98. The van der Waals surface area contributed by atoms with Gasteiger partial charge in [0.05, 0.1) is 34.6 Å². The van der Waals surface area contributed by atoms with Gasteiger partial charge in [0.1, 0.15) is 11.4 Å². The summed E-state index contributed by atoms with van der Waals surface area (Å²) >= 11 is 0. The third-order valence-electron chi connectivity index (χ3n) is 5.97. The fraction of sp³-hybridized carbons (Fsp3) is 0.458. The van der Waals surface area contributed by atoms with E-state index in [4.69, 9.17) is 0 Å². The zero-order valence-corrected chi connectivity index (χ0v) is 21.6. The van der Waals surface area contributed by atoms with Gasteiger partial charge in [-0.1, -0.05) is 19.3 Å². The van der Waals surface area contributed by atoms with Crippen LogP contribution < -0.4 is 10.0 Å². The van der Waals surface area contributed by atoms with Gasteiger partial charge in [0.25, 0.3) is 0 Å². The molecule has 0 aliphatic heterocycles. The standard InChI is InChI=1S/C24H28F4N6O3S/c1-23(2,35)14-34-13-15(11-30-34)21-18(24(26,27)28)12-29-22(32-21)31-20-9-8-17(10-19(20)25)38(36,37)33-16-6-4-3-5-7-16/h8-13,16,33,35H,3-7,14H2,1-2H3,(H,29,31,32). The fourth-order valence-corrected chi connectivity index (χ4v) is 5.55. The molecule has 206 valence electrons. The number of halogens is 4. The highest BCUT2D eigenvalue weighted by atomic mass is 32.2. The van der Waals surface area contributed by atoms with E-state index in [-0.39, 0.29) is 34.7 Å². The number of benzene rings is 1. The molecular formula is C24H28F4N6O3S. The van der Waals surface area contributed by atoms with Crippen molar-refractivity contribution in [3.8, 4) is 11.3 Å². The summed E-state index contributed by atoms with van der Waals surface area (Å²) in [7, 11) is -3.95. The van der Waals surface area contributed by atoms with Gasteiger partial charge < -0.3 is 10.4 Å². The molecule has 3 N–H and O–H groups in total. The normalized spacial score (nSPS) is 15.6. The van der Waals surface area contributed by atoms with Crippen LogP contribution in [0, 0.1) is 5.82 Å². The molecule has 3 aromatic rings. The molecule has 0 atom stereocenters. The smallest absolute Gasteiger partial charge is 0.389 e. The SMILES string of the molecule is CC(C)(O)Cn1cc(-c2nc(Nc3ccc(S(=O)(=O)NC4CCCCC4)cc3F)ncc2C(F)(F)F)cn1. The fourth-order valence-electron chi connectivity index (χ4n) is 4.23. The number of hydrogen-bond acceptors (Lipinski definition) is 7. The van der Waals surface area contributed by atoms with Crippen LogP contribution >= 0.6 is 0 Å². The third-order valence-corrected chi connectivity index (χ3v) is 7.49. The predicted octanol–water partition coefficient (Wildman–Crippen LogP) is 4.62. The van der Waals surface area contributed by atoms with Crippen LogP contribution in [0.5, 0.6) is 0 Å². The molecule has 2 heterocycles. The minimum absolute atomic E-state index is 0.0164. The first kappa shape index (κ1) is 27.9. The van der Waals surface area contributed by atoms with Gasteiger partial charge in [-0.05, 0) is 44.9 Å². The van der Waals surface area contributed by atoms with Crippen molar-refractivity contribution in [2.45, 2.75) is 75.2 Å². The van der Waals surface area contributed by atoms with Gasteiger partial charge in [-0.2, -0.15) is 18.3 Å². The van der Waals surface area contributed by atoms with Crippen molar-refractivity contribution in [2.75, 3.05) is 5.32 Å². The third kappa shape index (κ3) is 6.85. The van der Waals surface area contributed by atoms with E-state index in [2.05, 4.69) is 25.1 Å². The molecule has 1 aromatic carbocycles. The first-order valence-corrected chi connectivity index (χ1v) is 13.5. The first-order chi connectivity index (χ1) is 17.7. The number of aliphatic hydroxyl groups is 1. The van der Waals surface area contributed by atoms with Crippen LogP contribution in [0.3, 0.4) is 0 Å². The maximum atomic E-state index is 14.9. The second kappa shape index (κ2) is 10.6. The second-order valence-corrected chi connectivity index (χ2v) is 11.6. The Hall–Kier alpha value is -3.10. The van der Waals surface area contributed by atoms with Crippen molar-refractivity contribution in [3.63, 3.8) is 0 Å². The number of rotatable bonds is 8. The Morgan fingerprint density at radius 2 is 1.84 bits per heavy atom. The molecule has 0 bridgehead atoms. The van der Waals surface area contributed by atoms with E-state index in [9.17, 15) is 31.1 Å². The van der Waals surface area contributed by atoms with Crippen molar-refractivity contribution in [3.05, 3.63) is 48.2 Å². The van der Waals surface area contributed by atoms with Gasteiger partial charge in [-0.3, -0.25) is 4.68 Å². The molecule has 1 saturated carbocycles. The number of aromatic nitrogens is 4. The minimum atomic E-state index is -4.78. The van der Waals surface area contributed by atoms with E-state index >= 15 is 0 Å². The molecule has 0 saturated heterocycles. The van der Waals surface area contributed by atoms with E-state index in [0.717, 1.165) is 31.4 Å². The van der Waals surface area contributed by atoms with Gasteiger partial charge in [0, 0.05) is 24.0 Å². The lowest BCUT2D eigenvalue weighted by Crippen LogP contribution is -2.36. The highest BCUT2D eigenvalue weighted by Gasteiger charge is 2.36. The van der Waals surface area contributed by atoms with Gasteiger partial charge in [0.2, 0.25) is 16.0 Å². The molecule has 14 heteroatoms. The highest BCUT2D eigenvalue weighted by Crippen LogP contribution is 2.36. The van der Waals surface area contributed by atoms with Crippen molar-refractivity contribution in [1.82, 2.24) is 24.5 Å². The van der Waals surface area contributed by atoms with E-state index in [1.54, 1.807) is 0 Å². The highest BCUT2D eigenvalue weighted by molar-refractivity contribution is 7.89. The van der Waals surface area contributed by atoms with Gasteiger partial charge in [-0.25, -0.2) is 27.5 Å². The van der Waals surface area contributed by atoms with Crippen LogP contribution in [0.2, 0.25) is 0 Å². The number of anilines is 2. The van der Waals surface area contributed by atoms with Crippen molar-refractivity contribution >= 4 is 21.7 Å². The maximum absolute atomic E-state index is 14.9. The Morgan fingerprint density at radius 3 is 2.47 bits per heavy atom. The molecule has 9 nitrogen and oxygen atoms in total. The van der Waals surface area contributed by atoms with Gasteiger partial charge >= 0.3 is 6.18 Å². The van der Waals surface area contributed by atoms with Gasteiger partial charge in [0.15, 0.2) is 0 Å². The summed E-state index contributed by atoms with van der Waals surface area (Å²) in [6.07, 6.45) is 2.58. The number of nitrogens with zero attached hydrogens (tertiary/aromatic N) is 4. The van der Waals surface area contributed by atoms with Crippen molar-refractivity contribution in [1.29, 1.82) is 0 Å². The van der Waals surface area contributed by atoms with Crippen molar-refractivity contribution in [2.24, 2.45) is 0 Å². The molecular weight excluding hydrogens is 528 g/mol. The van der Waals surface area contributed by atoms with E-state index in [1.165, 1.54) is 37.0 Å². The molecule has 1 aliphatic carbocycles. The zero-order chi connectivity index (χ0) is 27.7. The maximum Gasteiger partial charge on any atom is 0.419 e. The monoisotopic (exact) mass is 556 g/mol. The van der Waals surface area contributed by atoms with E-state index < -0.39 is 38.9 Å². The quantitative estimate of drug-likeness (QED) is 0.346. The van der Waals surface area contributed by atoms with E-state index in [0.29, 0.717) is 19.0 Å². The Kier molecular flexibility index (Phi) is 7.77. The lowest BCUT2D eigenvalue weighted by Gasteiger charge is -2.22. The first-order valence-electron chi connectivity index (χ1n) is 12.0. The zero-order valence-electron chi connectivity index (χ0n) is 20.8. The Balaban J connectivity index is 1.59. The summed E-state index contributed by atoms with van der Waals surface area (Å²) in [5.41, 5.74) is -2.97. The number of hydrogen-bond donors (Lipinski definition) is 3. The molecule has 1 aliphatic rings. The lowest BCUT2D eigenvalue weighted by molar-refractivity contribution is -0.137. The summed E-state index contributed by atoms with van der Waals surface area (Å²) in [4.78, 5) is 7.36. The van der Waals surface area contributed by atoms with Crippen LogP contribution in [0.4, 0.5) is 29.2 Å². The van der Waals surface area contributed by atoms with Crippen LogP contribution in [0.25, 0.3) is 11.3 Å². The molecule has 0 unspecified atom stereocenters. The summed E-state index contributed by atoms with van der Waals surface area (Å²) in [5.74, 6) is -1.28. The molecule has 0 spiro atoms. The Labute approximate surface area is 217 Å². The molecule has 1 fully saturated rings. The topological polar surface area (TPSA) is 122 Å². The van der Waals surface area contributed by atoms with Gasteiger partial charge in [-0.15, -0.1) is 0 Å². The number of alkyl halides is 3. The number of sulfonamides is 1.